The molecule has 0 aliphatic heterocycles. The number of ether oxygens (including phenoxy) is 1. The van der Waals surface area contributed by atoms with Crippen LogP contribution in [0.4, 0.5) is 5.13 Å². The Hall–Kier alpha value is -1.89. The smallest absolute Gasteiger partial charge is 0.311 e. The summed E-state index contributed by atoms with van der Waals surface area (Å²) in [5.41, 5.74) is 1.66. The number of carbonyl (C=O) groups is 1. The van der Waals surface area contributed by atoms with Crippen LogP contribution in [-0.2, 0) is 29.5 Å². The minimum Gasteiger partial charge on any atom is -0.469 e. The Bertz CT molecular complexity index is 535. The van der Waals surface area contributed by atoms with Crippen LogP contribution in [0.5, 0.6) is 0 Å². The van der Waals surface area contributed by atoms with Crippen LogP contribution in [0.3, 0.4) is 0 Å². The molecule has 0 aliphatic rings. The Labute approximate surface area is 109 Å². The van der Waals surface area contributed by atoms with Crippen molar-refractivity contribution in [2.45, 2.75) is 13.0 Å². The number of hydrogen-bond donors (Lipinski definition) is 1. The van der Waals surface area contributed by atoms with E-state index in [-0.39, 0.29) is 12.4 Å². The van der Waals surface area contributed by atoms with Gasteiger partial charge in [-0.3, -0.25) is 9.48 Å². The summed E-state index contributed by atoms with van der Waals surface area (Å²) < 4.78 is 6.34. The maximum Gasteiger partial charge on any atom is 0.311 e. The van der Waals surface area contributed by atoms with Gasteiger partial charge in [0.05, 0.1) is 31.5 Å². The van der Waals surface area contributed by atoms with E-state index in [1.54, 1.807) is 4.68 Å². The highest BCUT2D eigenvalue weighted by molar-refractivity contribution is 7.13. The maximum absolute atomic E-state index is 11.1. The molecule has 2 rings (SSSR count). The van der Waals surface area contributed by atoms with E-state index >= 15 is 0 Å². The fourth-order valence-electron chi connectivity index (χ4n) is 1.41. The van der Waals surface area contributed by atoms with E-state index in [1.165, 1.54) is 18.4 Å². The third kappa shape index (κ3) is 3.30. The summed E-state index contributed by atoms with van der Waals surface area (Å²) in [5.74, 6) is -0.281. The van der Waals surface area contributed by atoms with E-state index in [0.717, 1.165) is 16.5 Å². The Balaban J connectivity index is 1.88. The number of anilines is 1. The summed E-state index contributed by atoms with van der Waals surface area (Å²) in [4.78, 5) is 15.4. The van der Waals surface area contributed by atoms with Crippen LogP contribution in [0.2, 0.25) is 0 Å². The van der Waals surface area contributed by atoms with Gasteiger partial charge < -0.3 is 10.1 Å². The Morgan fingerprint density at radius 1 is 1.56 bits per heavy atom. The molecule has 0 bridgehead atoms. The molecule has 18 heavy (non-hydrogen) atoms. The third-order valence-electron chi connectivity index (χ3n) is 2.29. The number of hydrogen-bond acceptors (Lipinski definition) is 6. The molecule has 2 aromatic heterocycles. The number of aromatic nitrogens is 3. The Morgan fingerprint density at radius 3 is 3.06 bits per heavy atom. The van der Waals surface area contributed by atoms with Gasteiger partial charge in [0, 0.05) is 18.6 Å². The second kappa shape index (κ2) is 5.63. The molecular weight excluding hydrogens is 252 g/mol. The molecule has 0 saturated carbocycles. The van der Waals surface area contributed by atoms with Crippen LogP contribution >= 0.6 is 11.3 Å². The summed E-state index contributed by atoms with van der Waals surface area (Å²) in [5, 5.41) is 10.0. The van der Waals surface area contributed by atoms with Gasteiger partial charge in [-0.1, -0.05) is 0 Å². The lowest BCUT2D eigenvalue weighted by atomic mass is 10.3. The van der Waals surface area contributed by atoms with Gasteiger partial charge in [0.2, 0.25) is 0 Å². The molecule has 96 valence electrons. The van der Waals surface area contributed by atoms with Crippen LogP contribution in [-0.4, -0.2) is 27.8 Å². The Morgan fingerprint density at radius 2 is 2.39 bits per heavy atom. The zero-order valence-corrected chi connectivity index (χ0v) is 11.0. The number of nitrogens with zero attached hydrogens (tertiary/aromatic N) is 3. The van der Waals surface area contributed by atoms with Crippen molar-refractivity contribution in [1.82, 2.24) is 14.8 Å². The van der Waals surface area contributed by atoms with Crippen LogP contribution < -0.4 is 5.32 Å². The van der Waals surface area contributed by atoms with Crippen molar-refractivity contribution in [3.05, 3.63) is 29.0 Å². The molecule has 0 aromatic carbocycles. The topological polar surface area (TPSA) is 69.0 Å². The fraction of sp³-hybridized carbons (Fsp3) is 0.364. The molecule has 1 N–H and O–H groups in total. The predicted octanol–water partition coefficient (Wildman–Crippen LogP) is 1.20. The third-order valence-corrected chi connectivity index (χ3v) is 3.14. The molecule has 7 heteroatoms. The van der Waals surface area contributed by atoms with Crippen LogP contribution in [0.15, 0.2) is 17.6 Å². The van der Waals surface area contributed by atoms with Crippen LogP contribution in [0.1, 0.15) is 11.4 Å². The van der Waals surface area contributed by atoms with E-state index in [4.69, 9.17) is 0 Å². The summed E-state index contributed by atoms with van der Waals surface area (Å²) in [6, 6.07) is 1.94. The monoisotopic (exact) mass is 266 g/mol. The molecule has 0 atom stereocenters. The van der Waals surface area contributed by atoms with Crippen molar-refractivity contribution < 1.29 is 9.53 Å². The number of rotatable bonds is 5. The van der Waals surface area contributed by atoms with E-state index < -0.39 is 0 Å². The summed E-state index contributed by atoms with van der Waals surface area (Å²) in [6.07, 6.45) is 2.10. The van der Waals surface area contributed by atoms with Gasteiger partial charge in [0.25, 0.3) is 0 Å². The van der Waals surface area contributed by atoms with Crippen molar-refractivity contribution in [1.29, 1.82) is 0 Å². The average molecular weight is 266 g/mol. The quantitative estimate of drug-likeness (QED) is 0.824. The molecule has 6 nitrogen and oxygen atoms in total. The number of aryl methyl sites for hydroxylation is 1. The SMILES string of the molecule is COC(=O)Cc1csc(NCc2ccn(C)n2)n1. The van der Waals surface area contributed by atoms with E-state index in [1.807, 2.05) is 24.7 Å². The minimum absolute atomic E-state index is 0.207. The molecular formula is C11H14N4O2S. The normalized spacial score (nSPS) is 10.3. The van der Waals surface area contributed by atoms with Gasteiger partial charge >= 0.3 is 5.97 Å². The molecule has 0 saturated heterocycles. The summed E-state index contributed by atoms with van der Waals surface area (Å²) >= 11 is 1.46. The zero-order valence-electron chi connectivity index (χ0n) is 10.2. The molecule has 0 fully saturated rings. The van der Waals surface area contributed by atoms with Crippen molar-refractivity contribution in [2.75, 3.05) is 12.4 Å². The summed E-state index contributed by atoms with van der Waals surface area (Å²) in [7, 11) is 3.25. The number of thiazole rings is 1. The largest absolute Gasteiger partial charge is 0.469 e. The highest BCUT2D eigenvalue weighted by Crippen LogP contribution is 2.16. The molecule has 2 heterocycles. The first kappa shape index (κ1) is 12.6. The molecule has 0 radical (unpaired) electrons. The van der Waals surface area contributed by atoms with Gasteiger partial charge in [0.1, 0.15) is 0 Å². The van der Waals surface area contributed by atoms with E-state index in [9.17, 15) is 4.79 Å². The molecule has 2 aromatic rings. The van der Waals surface area contributed by atoms with Crippen LogP contribution in [0, 0.1) is 0 Å². The first-order valence-corrected chi connectivity index (χ1v) is 6.29. The summed E-state index contributed by atoms with van der Waals surface area (Å²) in [6.45, 7) is 0.617. The molecule has 0 spiro atoms. The molecule has 0 unspecified atom stereocenters. The number of esters is 1. The highest BCUT2D eigenvalue weighted by atomic mass is 32.1. The second-order valence-electron chi connectivity index (χ2n) is 3.73. The van der Waals surface area contributed by atoms with Gasteiger partial charge in [-0.25, -0.2) is 4.98 Å². The van der Waals surface area contributed by atoms with Crippen LogP contribution in [0.25, 0.3) is 0 Å². The highest BCUT2D eigenvalue weighted by Gasteiger charge is 2.07. The van der Waals surface area contributed by atoms with Gasteiger partial charge in [0.15, 0.2) is 5.13 Å². The average Bonchev–Trinajstić information content (AvgIpc) is 2.96. The van der Waals surface area contributed by atoms with Gasteiger partial charge in [-0.2, -0.15) is 5.10 Å². The Kier molecular flexibility index (Phi) is 3.93. The zero-order chi connectivity index (χ0) is 13.0. The molecule has 0 aliphatic carbocycles. The van der Waals surface area contributed by atoms with Crippen molar-refractivity contribution >= 4 is 22.4 Å². The second-order valence-corrected chi connectivity index (χ2v) is 4.59. The standard InChI is InChI=1S/C11H14N4O2S/c1-15-4-3-8(14-15)6-12-11-13-9(7-18-11)5-10(16)17-2/h3-4,7H,5-6H2,1-2H3,(H,12,13). The van der Waals surface area contributed by atoms with Crippen molar-refractivity contribution in [3.63, 3.8) is 0 Å². The molecule has 0 amide bonds. The maximum atomic E-state index is 11.1. The first-order valence-electron chi connectivity index (χ1n) is 5.41. The first-order chi connectivity index (χ1) is 8.67. The number of nitrogens with one attached hydrogen (secondary N) is 1. The lowest BCUT2D eigenvalue weighted by Crippen LogP contribution is -2.05. The fourth-order valence-corrected chi connectivity index (χ4v) is 2.12. The van der Waals surface area contributed by atoms with Crippen molar-refractivity contribution in [3.8, 4) is 0 Å². The lowest BCUT2D eigenvalue weighted by molar-refractivity contribution is -0.139. The minimum atomic E-state index is -0.281. The number of carbonyl (C=O) groups excluding carboxylic acids is 1. The predicted molar refractivity (Wildman–Crippen MR) is 68.4 cm³/mol. The van der Waals surface area contributed by atoms with E-state index in [2.05, 4.69) is 20.1 Å². The van der Waals surface area contributed by atoms with E-state index in [0.29, 0.717) is 6.54 Å². The van der Waals surface area contributed by atoms with Gasteiger partial charge in [-0.05, 0) is 6.07 Å². The number of methoxy groups -OCH3 is 1. The van der Waals surface area contributed by atoms with Gasteiger partial charge in [-0.15, -0.1) is 11.3 Å². The lowest BCUT2D eigenvalue weighted by Gasteiger charge is -1.98. The van der Waals surface area contributed by atoms with Crippen molar-refractivity contribution in [2.24, 2.45) is 7.05 Å².